The van der Waals surface area contributed by atoms with E-state index in [1.807, 2.05) is 24.1 Å². The second-order valence-corrected chi connectivity index (χ2v) is 4.39. The summed E-state index contributed by atoms with van der Waals surface area (Å²) in [6.45, 7) is 5.23. The van der Waals surface area contributed by atoms with Gasteiger partial charge in [-0.3, -0.25) is 4.79 Å². The molecule has 94 valence electrons. The summed E-state index contributed by atoms with van der Waals surface area (Å²) in [6, 6.07) is 3.79. The molecule has 1 heterocycles. The summed E-state index contributed by atoms with van der Waals surface area (Å²) in [5, 5.41) is 2.97. The molecule has 0 radical (unpaired) electrons. The molecule has 0 aliphatic carbocycles. The van der Waals surface area contributed by atoms with Crippen LogP contribution in [0.2, 0.25) is 0 Å². The molecule has 0 spiro atoms. The molecule has 3 N–H and O–H groups in total. The summed E-state index contributed by atoms with van der Waals surface area (Å²) < 4.78 is 0. The molecule has 0 fully saturated rings. The molecular weight excluding hydrogens is 216 g/mol. The number of carbonyl (C=O) groups is 1. The molecule has 0 atom stereocenters. The van der Waals surface area contributed by atoms with Gasteiger partial charge in [0.25, 0.3) is 0 Å². The SMILES string of the molecule is CNc1cc(N(CC(N)=O)CC(C)C)ccn1. The summed E-state index contributed by atoms with van der Waals surface area (Å²) in [5.74, 6) is 0.912. The van der Waals surface area contributed by atoms with E-state index in [0.717, 1.165) is 18.1 Å². The Morgan fingerprint density at radius 2 is 2.29 bits per heavy atom. The normalized spacial score (nSPS) is 10.4. The van der Waals surface area contributed by atoms with Crippen LogP contribution < -0.4 is 16.0 Å². The van der Waals surface area contributed by atoms with Crippen molar-refractivity contribution in [3.63, 3.8) is 0 Å². The molecule has 0 unspecified atom stereocenters. The number of nitrogens with zero attached hydrogens (tertiary/aromatic N) is 2. The molecule has 0 bridgehead atoms. The average molecular weight is 236 g/mol. The molecule has 0 saturated heterocycles. The zero-order valence-corrected chi connectivity index (χ0v) is 10.6. The van der Waals surface area contributed by atoms with Crippen molar-refractivity contribution in [3.8, 4) is 0 Å². The third-order valence-corrected chi connectivity index (χ3v) is 2.30. The van der Waals surface area contributed by atoms with Gasteiger partial charge in [0, 0.05) is 31.5 Å². The van der Waals surface area contributed by atoms with Crippen LogP contribution in [0, 0.1) is 5.92 Å². The van der Waals surface area contributed by atoms with Crippen molar-refractivity contribution < 1.29 is 4.79 Å². The van der Waals surface area contributed by atoms with Gasteiger partial charge in [-0.05, 0) is 12.0 Å². The summed E-state index contributed by atoms with van der Waals surface area (Å²) in [7, 11) is 1.81. The monoisotopic (exact) mass is 236 g/mol. The highest BCUT2D eigenvalue weighted by atomic mass is 16.1. The number of aromatic nitrogens is 1. The summed E-state index contributed by atoms with van der Waals surface area (Å²) in [4.78, 5) is 17.2. The van der Waals surface area contributed by atoms with Gasteiger partial charge < -0.3 is 16.0 Å². The van der Waals surface area contributed by atoms with E-state index < -0.39 is 0 Å². The number of hydrogen-bond acceptors (Lipinski definition) is 4. The maximum Gasteiger partial charge on any atom is 0.236 e. The van der Waals surface area contributed by atoms with Gasteiger partial charge in [0.05, 0.1) is 6.54 Å². The summed E-state index contributed by atoms with van der Waals surface area (Å²) in [6.07, 6.45) is 1.72. The van der Waals surface area contributed by atoms with Crippen LogP contribution >= 0.6 is 0 Å². The number of pyridine rings is 1. The molecule has 0 aliphatic rings. The number of nitrogens with two attached hydrogens (primary N) is 1. The molecule has 1 aromatic rings. The summed E-state index contributed by atoms with van der Waals surface area (Å²) in [5.41, 5.74) is 6.22. The number of hydrogen-bond donors (Lipinski definition) is 2. The van der Waals surface area contributed by atoms with Crippen LogP contribution in [0.15, 0.2) is 18.3 Å². The molecule has 0 saturated carbocycles. The van der Waals surface area contributed by atoms with E-state index in [9.17, 15) is 4.79 Å². The van der Waals surface area contributed by atoms with Crippen molar-refractivity contribution in [3.05, 3.63) is 18.3 Å². The zero-order valence-electron chi connectivity index (χ0n) is 10.6. The van der Waals surface area contributed by atoms with Gasteiger partial charge in [-0.2, -0.15) is 0 Å². The minimum absolute atomic E-state index is 0.228. The van der Waals surface area contributed by atoms with Crippen molar-refractivity contribution in [2.45, 2.75) is 13.8 Å². The van der Waals surface area contributed by atoms with Crippen LogP contribution in [0.1, 0.15) is 13.8 Å². The first-order valence-corrected chi connectivity index (χ1v) is 5.70. The maximum atomic E-state index is 11.1. The van der Waals surface area contributed by atoms with Crippen molar-refractivity contribution in [2.24, 2.45) is 11.7 Å². The number of rotatable bonds is 6. The Hall–Kier alpha value is -1.78. The van der Waals surface area contributed by atoms with Gasteiger partial charge in [0.15, 0.2) is 0 Å². The first kappa shape index (κ1) is 13.3. The van der Waals surface area contributed by atoms with Gasteiger partial charge >= 0.3 is 0 Å². The Bertz CT molecular complexity index is 379. The van der Waals surface area contributed by atoms with Gasteiger partial charge in [-0.15, -0.1) is 0 Å². The maximum absolute atomic E-state index is 11.1. The van der Waals surface area contributed by atoms with Crippen molar-refractivity contribution in [1.29, 1.82) is 0 Å². The predicted molar refractivity (Wildman–Crippen MR) is 70.0 cm³/mol. The highest BCUT2D eigenvalue weighted by Gasteiger charge is 2.11. The minimum Gasteiger partial charge on any atom is -0.373 e. The van der Waals surface area contributed by atoms with Crippen molar-refractivity contribution >= 4 is 17.4 Å². The quantitative estimate of drug-likeness (QED) is 0.775. The van der Waals surface area contributed by atoms with Gasteiger partial charge in [-0.1, -0.05) is 13.8 Å². The molecular formula is C12H20N4O. The lowest BCUT2D eigenvalue weighted by molar-refractivity contribution is -0.116. The third kappa shape index (κ3) is 4.30. The highest BCUT2D eigenvalue weighted by molar-refractivity contribution is 5.79. The van der Waals surface area contributed by atoms with Crippen LogP contribution in [-0.2, 0) is 4.79 Å². The smallest absolute Gasteiger partial charge is 0.236 e. The van der Waals surface area contributed by atoms with Gasteiger partial charge in [0.1, 0.15) is 5.82 Å². The van der Waals surface area contributed by atoms with Crippen LogP contribution in [0.4, 0.5) is 11.5 Å². The summed E-state index contributed by atoms with van der Waals surface area (Å²) >= 11 is 0. The molecule has 5 nitrogen and oxygen atoms in total. The number of anilines is 2. The van der Waals surface area contributed by atoms with Crippen LogP contribution in [0.3, 0.4) is 0 Å². The van der Waals surface area contributed by atoms with E-state index in [-0.39, 0.29) is 12.5 Å². The second kappa shape index (κ2) is 6.08. The topological polar surface area (TPSA) is 71.2 Å². The van der Waals surface area contributed by atoms with E-state index in [1.54, 1.807) is 6.20 Å². The Balaban J connectivity index is 2.90. The minimum atomic E-state index is -0.325. The van der Waals surface area contributed by atoms with Crippen molar-refractivity contribution in [1.82, 2.24) is 4.98 Å². The van der Waals surface area contributed by atoms with Crippen LogP contribution in [0.25, 0.3) is 0 Å². The van der Waals surface area contributed by atoms with E-state index >= 15 is 0 Å². The fourth-order valence-corrected chi connectivity index (χ4v) is 1.64. The van der Waals surface area contributed by atoms with Gasteiger partial charge in [0.2, 0.25) is 5.91 Å². The molecule has 1 amide bonds. The van der Waals surface area contributed by atoms with E-state index in [2.05, 4.69) is 24.1 Å². The fourth-order valence-electron chi connectivity index (χ4n) is 1.64. The lowest BCUT2D eigenvalue weighted by Gasteiger charge is -2.25. The number of amides is 1. The Morgan fingerprint density at radius 3 is 2.82 bits per heavy atom. The van der Waals surface area contributed by atoms with Crippen molar-refractivity contribution in [2.75, 3.05) is 30.4 Å². The molecule has 0 aliphatic heterocycles. The molecule has 17 heavy (non-hydrogen) atoms. The highest BCUT2D eigenvalue weighted by Crippen LogP contribution is 2.18. The molecule has 5 heteroatoms. The first-order valence-electron chi connectivity index (χ1n) is 5.70. The molecule has 0 aromatic carbocycles. The largest absolute Gasteiger partial charge is 0.373 e. The van der Waals surface area contributed by atoms with E-state index in [4.69, 9.17) is 5.73 Å². The third-order valence-electron chi connectivity index (χ3n) is 2.30. The standard InChI is InChI=1S/C12H20N4O/c1-9(2)7-16(8-11(13)17)10-4-5-15-12(6-10)14-3/h4-6,9H,7-8H2,1-3H3,(H2,13,17)(H,14,15). The van der Waals surface area contributed by atoms with Crippen LogP contribution in [0.5, 0.6) is 0 Å². The molecule has 1 rings (SSSR count). The Kier molecular flexibility index (Phi) is 4.75. The van der Waals surface area contributed by atoms with E-state index in [0.29, 0.717) is 5.92 Å². The number of carbonyl (C=O) groups excluding carboxylic acids is 1. The second-order valence-electron chi connectivity index (χ2n) is 4.39. The number of primary amides is 1. The predicted octanol–water partition coefficient (Wildman–Crippen LogP) is 1.07. The van der Waals surface area contributed by atoms with E-state index in [1.165, 1.54) is 0 Å². The first-order chi connectivity index (χ1) is 8.02. The Morgan fingerprint density at radius 1 is 1.59 bits per heavy atom. The number of nitrogens with one attached hydrogen (secondary N) is 1. The zero-order chi connectivity index (χ0) is 12.8. The fraction of sp³-hybridized carbons (Fsp3) is 0.500. The lowest BCUT2D eigenvalue weighted by atomic mass is 10.2. The average Bonchev–Trinajstić information content (AvgIpc) is 2.27. The lowest BCUT2D eigenvalue weighted by Crippen LogP contribution is -2.36. The Labute approximate surface area is 102 Å². The molecule has 1 aromatic heterocycles. The van der Waals surface area contributed by atoms with Gasteiger partial charge in [-0.25, -0.2) is 4.98 Å². The van der Waals surface area contributed by atoms with Crippen LogP contribution in [-0.4, -0.2) is 31.0 Å².